The lowest BCUT2D eigenvalue weighted by molar-refractivity contribution is -0.386. The number of hydrogen-bond acceptors (Lipinski definition) is 4. The zero-order valence-corrected chi connectivity index (χ0v) is 8.94. The number of carbonyl (C=O) groups is 1. The smallest absolute Gasteiger partial charge is 0.312 e. The number of benzene rings is 1. The molecule has 16 heavy (non-hydrogen) atoms. The normalized spacial score (nSPS) is 15.7. The third-order valence-corrected chi connectivity index (χ3v) is 2.56. The largest absolute Gasteiger partial charge is 0.483 e. The molecule has 6 heteroatoms. The van der Waals surface area contributed by atoms with Crippen LogP contribution in [-0.4, -0.2) is 16.8 Å². The van der Waals surface area contributed by atoms with E-state index in [4.69, 9.17) is 16.3 Å². The summed E-state index contributed by atoms with van der Waals surface area (Å²) in [7, 11) is 0. The molecule has 0 bridgehead atoms. The second kappa shape index (κ2) is 4.09. The average molecular weight is 242 g/mol. The summed E-state index contributed by atoms with van der Waals surface area (Å²) in [5.41, 5.74) is -0.174. The van der Waals surface area contributed by atoms with Crippen LogP contribution in [0.1, 0.15) is 12.8 Å². The molecule has 5 nitrogen and oxygen atoms in total. The summed E-state index contributed by atoms with van der Waals surface area (Å²) in [6.45, 7) is 0. The van der Waals surface area contributed by atoms with Gasteiger partial charge in [0.15, 0.2) is 5.75 Å². The minimum absolute atomic E-state index is 0.113. The van der Waals surface area contributed by atoms with Crippen molar-refractivity contribution < 1.29 is 14.5 Å². The number of rotatable bonds is 3. The highest BCUT2D eigenvalue weighted by atomic mass is 35.5. The maximum Gasteiger partial charge on any atom is 0.312 e. The van der Waals surface area contributed by atoms with Crippen molar-refractivity contribution in [3.63, 3.8) is 0 Å². The molecule has 1 aliphatic carbocycles. The molecule has 0 saturated heterocycles. The molecule has 2 rings (SSSR count). The summed E-state index contributed by atoms with van der Waals surface area (Å²) >= 11 is 5.65. The van der Waals surface area contributed by atoms with E-state index in [0.29, 0.717) is 12.8 Å². The summed E-state index contributed by atoms with van der Waals surface area (Å²) in [5, 5.41) is 11.0. The first-order chi connectivity index (χ1) is 7.56. The molecule has 0 N–H and O–H groups in total. The van der Waals surface area contributed by atoms with Crippen LogP contribution in [0.2, 0.25) is 5.02 Å². The number of nitrogens with zero attached hydrogens (tertiary/aromatic N) is 1. The predicted octanol–water partition coefficient (Wildman–Crippen LogP) is 2.36. The van der Waals surface area contributed by atoms with Gasteiger partial charge in [-0.1, -0.05) is 11.6 Å². The summed E-state index contributed by atoms with van der Waals surface area (Å²) in [5.74, 6) is 0.272. The van der Waals surface area contributed by atoms with E-state index in [1.54, 1.807) is 0 Å². The molecule has 1 aromatic carbocycles. The minimum Gasteiger partial charge on any atom is -0.483 e. The summed E-state index contributed by atoms with van der Waals surface area (Å²) in [4.78, 5) is 20.9. The fourth-order valence-electron chi connectivity index (χ4n) is 1.44. The van der Waals surface area contributed by atoms with Crippen LogP contribution in [0.5, 0.6) is 5.75 Å². The topological polar surface area (TPSA) is 69.4 Å². The molecule has 0 spiro atoms. The van der Waals surface area contributed by atoms with Gasteiger partial charge in [-0.15, -0.1) is 0 Å². The first kappa shape index (κ1) is 10.9. The second-order valence-corrected chi connectivity index (χ2v) is 3.99. The zero-order chi connectivity index (χ0) is 11.7. The van der Waals surface area contributed by atoms with Crippen LogP contribution in [0, 0.1) is 10.1 Å². The van der Waals surface area contributed by atoms with E-state index in [2.05, 4.69) is 0 Å². The van der Waals surface area contributed by atoms with Gasteiger partial charge in [0, 0.05) is 23.9 Å². The van der Waals surface area contributed by atoms with Gasteiger partial charge in [-0.2, -0.15) is 0 Å². The summed E-state index contributed by atoms with van der Waals surface area (Å²) in [6.07, 6.45) is 0.395. The van der Waals surface area contributed by atoms with Crippen molar-refractivity contribution >= 4 is 23.1 Å². The monoisotopic (exact) mass is 241 g/mol. The van der Waals surface area contributed by atoms with Gasteiger partial charge < -0.3 is 4.74 Å². The Hall–Kier alpha value is -1.62. The molecule has 0 aliphatic heterocycles. The van der Waals surface area contributed by atoms with Gasteiger partial charge in [0.25, 0.3) is 0 Å². The van der Waals surface area contributed by atoms with Crippen LogP contribution in [0.15, 0.2) is 18.2 Å². The van der Waals surface area contributed by atoms with Crippen molar-refractivity contribution in [3.8, 4) is 5.75 Å². The molecule has 84 valence electrons. The fraction of sp³-hybridized carbons (Fsp3) is 0.300. The lowest BCUT2D eigenvalue weighted by Crippen LogP contribution is -2.33. The van der Waals surface area contributed by atoms with Gasteiger partial charge in [0.1, 0.15) is 11.9 Å². The van der Waals surface area contributed by atoms with Crippen molar-refractivity contribution in [2.24, 2.45) is 0 Å². The third kappa shape index (κ3) is 2.14. The van der Waals surface area contributed by atoms with Crippen molar-refractivity contribution in [1.29, 1.82) is 0 Å². The van der Waals surface area contributed by atoms with Gasteiger partial charge in [0.05, 0.1) is 4.92 Å². The van der Waals surface area contributed by atoms with Gasteiger partial charge in [0.2, 0.25) is 0 Å². The molecule has 1 saturated carbocycles. The number of nitro benzene ring substituents is 1. The van der Waals surface area contributed by atoms with Crippen molar-refractivity contribution in [3.05, 3.63) is 33.3 Å². The molecule has 0 atom stereocenters. The Bertz CT molecular complexity index is 452. The van der Waals surface area contributed by atoms with E-state index in [1.807, 2.05) is 0 Å². The molecule has 0 heterocycles. The van der Waals surface area contributed by atoms with E-state index in [-0.39, 0.29) is 28.3 Å². The highest BCUT2D eigenvalue weighted by molar-refractivity contribution is 6.30. The zero-order valence-electron chi connectivity index (χ0n) is 8.18. The van der Waals surface area contributed by atoms with Crippen molar-refractivity contribution in [2.45, 2.75) is 18.9 Å². The molecule has 0 unspecified atom stereocenters. The number of ether oxygens (including phenoxy) is 1. The number of ketones is 1. The molecule has 0 aromatic heterocycles. The molecular weight excluding hydrogens is 234 g/mol. The Morgan fingerprint density at radius 1 is 1.44 bits per heavy atom. The average Bonchev–Trinajstić information content (AvgIpc) is 2.17. The molecule has 1 aromatic rings. The van der Waals surface area contributed by atoms with Crippen LogP contribution in [0.25, 0.3) is 0 Å². The predicted molar refractivity (Wildman–Crippen MR) is 56.8 cm³/mol. The highest BCUT2D eigenvalue weighted by Crippen LogP contribution is 2.33. The van der Waals surface area contributed by atoms with E-state index in [9.17, 15) is 14.9 Å². The molecule has 0 amide bonds. The molecule has 1 aliphatic rings. The number of hydrogen-bond donors (Lipinski definition) is 0. The van der Waals surface area contributed by atoms with Crippen LogP contribution in [-0.2, 0) is 4.79 Å². The Kier molecular flexibility index (Phi) is 2.78. The number of carbonyl (C=O) groups excluding carboxylic acids is 1. The van der Waals surface area contributed by atoms with Gasteiger partial charge in [-0.05, 0) is 12.1 Å². The number of Topliss-reactive ketones (excluding diaryl/α,β-unsaturated/α-hetero) is 1. The number of nitro groups is 1. The van der Waals surface area contributed by atoms with Crippen molar-refractivity contribution in [1.82, 2.24) is 0 Å². The lowest BCUT2D eigenvalue weighted by atomic mass is 9.94. The maximum absolute atomic E-state index is 10.7. The molecular formula is C10H8ClNO4. The number of halogens is 1. The standard InChI is InChI=1S/C10H8ClNO4/c11-6-1-2-10(9(3-6)12(14)15)16-8-4-7(13)5-8/h1-3,8H,4-5H2. The Morgan fingerprint density at radius 3 is 2.69 bits per heavy atom. The second-order valence-electron chi connectivity index (χ2n) is 3.56. The first-order valence-electron chi connectivity index (χ1n) is 4.68. The quantitative estimate of drug-likeness (QED) is 0.602. The van der Waals surface area contributed by atoms with E-state index in [0.717, 1.165) is 0 Å². The van der Waals surface area contributed by atoms with Crippen molar-refractivity contribution in [2.75, 3.05) is 0 Å². The van der Waals surface area contributed by atoms with Crippen LogP contribution in [0.4, 0.5) is 5.69 Å². The van der Waals surface area contributed by atoms with Gasteiger partial charge in [-0.25, -0.2) is 0 Å². The summed E-state index contributed by atoms with van der Waals surface area (Å²) < 4.78 is 5.35. The third-order valence-electron chi connectivity index (χ3n) is 2.32. The van der Waals surface area contributed by atoms with E-state index >= 15 is 0 Å². The summed E-state index contributed by atoms with van der Waals surface area (Å²) in [6, 6.07) is 4.20. The van der Waals surface area contributed by atoms with E-state index in [1.165, 1.54) is 18.2 Å². The Morgan fingerprint density at radius 2 is 2.12 bits per heavy atom. The van der Waals surface area contributed by atoms with Crippen LogP contribution < -0.4 is 4.74 Å². The van der Waals surface area contributed by atoms with Gasteiger partial charge >= 0.3 is 5.69 Å². The maximum atomic E-state index is 10.7. The Labute approximate surface area is 96.1 Å². The first-order valence-corrected chi connectivity index (χ1v) is 5.06. The van der Waals surface area contributed by atoms with Crippen LogP contribution in [0.3, 0.4) is 0 Å². The van der Waals surface area contributed by atoms with Gasteiger partial charge in [-0.3, -0.25) is 14.9 Å². The fourth-order valence-corrected chi connectivity index (χ4v) is 1.61. The van der Waals surface area contributed by atoms with Crippen LogP contribution >= 0.6 is 11.6 Å². The lowest BCUT2D eigenvalue weighted by Gasteiger charge is -2.24. The molecule has 1 fully saturated rings. The Balaban J connectivity index is 2.19. The molecule has 0 radical (unpaired) electrons. The van der Waals surface area contributed by atoms with E-state index < -0.39 is 4.92 Å². The SMILES string of the molecule is O=C1CC(Oc2ccc(Cl)cc2[N+](=O)[O-])C1. The highest BCUT2D eigenvalue weighted by Gasteiger charge is 2.30. The minimum atomic E-state index is -0.554.